The molecule has 1 aliphatic heterocycles. The third-order valence-corrected chi connectivity index (χ3v) is 4.10. The van der Waals surface area contributed by atoms with Crippen molar-refractivity contribution in [2.24, 2.45) is 0 Å². The summed E-state index contributed by atoms with van der Waals surface area (Å²) in [5.74, 6) is -0.237. The second kappa shape index (κ2) is 6.84. The molecule has 4 nitrogen and oxygen atoms in total. The van der Waals surface area contributed by atoms with Gasteiger partial charge in [0.1, 0.15) is 6.54 Å². The topological polar surface area (TPSA) is 49.4 Å². The minimum Gasteiger partial charge on any atom is -0.325 e. The Bertz CT molecular complexity index is 728. The Morgan fingerprint density at radius 1 is 1.09 bits per heavy atom. The normalized spacial score (nSPS) is 14.1. The SMILES string of the molecule is O=C(CN1C(=O)CCCc2ccccc21)Nc1ccc(Cl)cc1. The highest BCUT2D eigenvalue weighted by Crippen LogP contribution is 2.26. The second-order valence-electron chi connectivity index (χ2n) is 5.52. The Balaban J connectivity index is 1.76. The number of carbonyl (C=O) groups is 2. The van der Waals surface area contributed by atoms with E-state index in [1.807, 2.05) is 24.3 Å². The largest absolute Gasteiger partial charge is 0.325 e. The molecule has 0 saturated carbocycles. The molecule has 0 bridgehead atoms. The van der Waals surface area contributed by atoms with Gasteiger partial charge in [0.25, 0.3) is 0 Å². The summed E-state index contributed by atoms with van der Waals surface area (Å²) in [5.41, 5.74) is 2.61. The first-order valence-corrected chi connectivity index (χ1v) is 7.95. The fourth-order valence-electron chi connectivity index (χ4n) is 2.74. The van der Waals surface area contributed by atoms with Gasteiger partial charge in [0, 0.05) is 22.8 Å². The highest BCUT2D eigenvalue weighted by molar-refractivity contribution is 6.30. The van der Waals surface area contributed by atoms with E-state index in [1.165, 1.54) is 0 Å². The number of nitrogens with one attached hydrogen (secondary N) is 1. The molecule has 118 valence electrons. The maximum absolute atomic E-state index is 12.3. The Hall–Kier alpha value is -2.33. The van der Waals surface area contributed by atoms with E-state index in [-0.39, 0.29) is 18.4 Å². The maximum atomic E-state index is 12.3. The van der Waals surface area contributed by atoms with Crippen LogP contribution in [0.4, 0.5) is 11.4 Å². The van der Waals surface area contributed by atoms with Crippen LogP contribution < -0.4 is 10.2 Å². The molecule has 2 aromatic rings. The van der Waals surface area contributed by atoms with Gasteiger partial charge < -0.3 is 10.2 Å². The van der Waals surface area contributed by atoms with Gasteiger partial charge in [-0.2, -0.15) is 0 Å². The van der Waals surface area contributed by atoms with Crippen LogP contribution in [-0.2, 0) is 16.0 Å². The van der Waals surface area contributed by atoms with Gasteiger partial charge in [-0.1, -0.05) is 29.8 Å². The quantitative estimate of drug-likeness (QED) is 0.935. The number of anilines is 2. The van der Waals surface area contributed by atoms with Crippen molar-refractivity contribution in [3.8, 4) is 0 Å². The van der Waals surface area contributed by atoms with Gasteiger partial charge in [0.15, 0.2) is 0 Å². The summed E-state index contributed by atoms with van der Waals surface area (Å²) in [6.07, 6.45) is 2.13. The predicted octanol–water partition coefficient (Wildman–Crippen LogP) is 3.65. The minimum atomic E-state index is -0.225. The lowest BCUT2D eigenvalue weighted by atomic mass is 10.1. The molecule has 0 radical (unpaired) electrons. The number of aryl methyl sites for hydroxylation is 1. The summed E-state index contributed by atoms with van der Waals surface area (Å²) in [6.45, 7) is 0.0124. The number of hydrogen-bond acceptors (Lipinski definition) is 2. The average molecular weight is 329 g/mol. The summed E-state index contributed by atoms with van der Waals surface area (Å²) in [6, 6.07) is 14.7. The number of rotatable bonds is 3. The van der Waals surface area contributed by atoms with E-state index in [9.17, 15) is 9.59 Å². The average Bonchev–Trinajstić information content (AvgIpc) is 2.70. The number of fused-ring (bicyclic) bond motifs is 1. The number of para-hydroxylation sites is 1. The van der Waals surface area contributed by atoms with Crippen LogP contribution in [0.1, 0.15) is 18.4 Å². The van der Waals surface area contributed by atoms with E-state index in [0.717, 1.165) is 24.1 Å². The van der Waals surface area contributed by atoms with Crippen LogP contribution in [0.25, 0.3) is 0 Å². The molecule has 23 heavy (non-hydrogen) atoms. The van der Waals surface area contributed by atoms with E-state index in [0.29, 0.717) is 17.1 Å². The molecular formula is C18H17ClN2O2. The lowest BCUT2D eigenvalue weighted by molar-refractivity contribution is -0.121. The number of nitrogens with zero attached hydrogens (tertiary/aromatic N) is 1. The number of halogens is 1. The summed E-state index contributed by atoms with van der Waals surface area (Å²) >= 11 is 5.83. The molecule has 2 amide bonds. The molecule has 0 fully saturated rings. The summed E-state index contributed by atoms with van der Waals surface area (Å²) < 4.78 is 0. The zero-order chi connectivity index (χ0) is 16.2. The van der Waals surface area contributed by atoms with Crippen molar-refractivity contribution in [1.29, 1.82) is 0 Å². The Morgan fingerprint density at radius 3 is 2.61 bits per heavy atom. The number of amides is 2. The monoisotopic (exact) mass is 328 g/mol. The van der Waals surface area contributed by atoms with Crippen LogP contribution in [0.3, 0.4) is 0 Å². The van der Waals surface area contributed by atoms with Crippen molar-refractivity contribution in [3.05, 3.63) is 59.1 Å². The number of hydrogen-bond donors (Lipinski definition) is 1. The van der Waals surface area contributed by atoms with E-state index in [2.05, 4.69) is 5.32 Å². The Kier molecular flexibility index (Phi) is 4.63. The van der Waals surface area contributed by atoms with Gasteiger partial charge in [-0.3, -0.25) is 9.59 Å². The third-order valence-electron chi connectivity index (χ3n) is 3.85. The van der Waals surface area contributed by atoms with Crippen LogP contribution in [0, 0.1) is 0 Å². The molecule has 0 unspecified atom stereocenters. The summed E-state index contributed by atoms with van der Waals surface area (Å²) in [5, 5.41) is 3.41. The van der Waals surface area contributed by atoms with Crippen molar-refractivity contribution in [3.63, 3.8) is 0 Å². The molecule has 5 heteroatoms. The molecular weight excluding hydrogens is 312 g/mol. The van der Waals surface area contributed by atoms with Gasteiger partial charge in [0.2, 0.25) is 11.8 Å². The molecule has 2 aromatic carbocycles. The van der Waals surface area contributed by atoms with Crippen LogP contribution in [0.5, 0.6) is 0 Å². The highest BCUT2D eigenvalue weighted by Gasteiger charge is 2.23. The Morgan fingerprint density at radius 2 is 1.83 bits per heavy atom. The van der Waals surface area contributed by atoms with Gasteiger partial charge in [-0.25, -0.2) is 0 Å². The van der Waals surface area contributed by atoms with Crippen molar-refractivity contribution < 1.29 is 9.59 Å². The standard InChI is InChI=1S/C18H17ClN2O2/c19-14-8-10-15(11-9-14)20-17(22)12-21-16-6-2-1-4-13(16)5-3-7-18(21)23/h1-2,4,6,8-11H,3,5,7,12H2,(H,20,22). The van der Waals surface area contributed by atoms with Crippen LogP contribution >= 0.6 is 11.6 Å². The van der Waals surface area contributed by atoms with Crippen molar-refractivity contribution in [1.82, 2.24) is 0 Å². The second-order valence-corrected chi connectivity index (χ2v) is 5.95. The fraction of sp³-hybridized carbons (Fsp3) is 0.222. The van der Waals surface area contributed by atoms with Gasteiger partial charge in [0.05, 0.1) is 0 Å². The molecule has 0 saturated heterocycles. The summed E-state index contributed by atoms with van der Waals surface area (Å²) in [4.78, 5) is 26.2. The molecule has 0 spiro atoms. The van der Waals surface area contributed by atoms with E-state index >= 15 is 0 Å². The lowest BCUT2D eigenvalue weighted by Gasteiger charge is -2.22. The van der Waals surface area contributed by atoms with E-state index in [4.69, 9.17) is 11.6 Å². The maximum Gasteiger partial charge on any atom is 0.244 e. The van der Waals surface area contributed by atoms with E-state index in [1.54, 1.807) is 29.2 Å². The van der Waals surface area contributed by atoms with Crippen molar-refractivity contribution >= 4 is 34.8 Å². The molecule has 0 aromatic heterocycles. The molecule has 1 aliphatic rings. The van der Waals surface area contributed by atoms with Crippen molar-refractivity contribution in [2.75, 3.05) is 16.8 Å². The predicted molar refractivity (Wildman–Crippen MR) is 91.8 cm³/mol. The highest BCUT2D eigenvalue weighted by atomic mass is 35.5. The zero-order valence-corrected chi connectivity index (χ0v) is 13.3. The molecule has 1 heterocycles. The lowest BCUT2D eigenvalue weighted by Crippen LogP contribution is -2.37. The Labute approximate surface area is 140 Å². The third kappa shape index (κ3) is 3.71. The van der Waals surface area contributed by atoms with Gasteiger partial charge in [-0.05, 0) is 48.7 Å². The molecule has 0 aliphatic carbocycles. The van der Waals surface area contributed by atoms with Gasteiger partial charge in [-0.15, -0.1) is 0 Å². The smallest absolute Gasteiger partial charge is 0.244 e. The molecule has 0 atom stereocenters. The first-order chi connectivity index (χ1) is 11.1. The molecule has 3 rings (SSSR count). The van der Waals surface area contributed by atoms with Gasteiger partial charge >= 0.3 is 0 Å². The van der Waals surface area contributed by atoms with Crippen molar-refractivity contribution in [2.45, 2.75) is 19.3 Å². The zero-order valence-electron chi connectivity index (χ0n) is 12.6. The van der Waals surface area contributed by atoms with Crippen LogP contribution in [-0.4, -0.2) is 18.4 Å². The minimum absolute atomic E-state index is 0.0124. The van der Waals surface area contributed by atoms with Crippen LogP contribution in [0.15, 0.2) is 48.5 Å². The van der Waals surface area contributed by atoms with Crippen LogP contribution in [0.2, 0.25) is 5.02 Å². The first kappa shape index (κ1) is 15.6. The van der Waals surface area contributed by atoms with E-state index < -0.39 is 0 Å². The first-order valence-electron chi connectivity index (χ1n) is 7.57. The fourth-order valence-corrected chi connectivity index (χ4v) is 2.86. The molecule has 1 N–H and O–H groups in total. The summed E-state index contributed by atoms with van der Waals surface area (Å²) in [7, 11) is 0. The number of benzene rings is 2. The number of carbonyl (C=O) groups excluding carboxylic acids is 2.